The summed E-state index contributed by atoms with van der Waals surface area (Å²) in [6.45, 7) is 1.88. The summed E-state index contributed by atoms with van der Waals surface area (Å²) in [5, 5.41) is 0. The number of esters is 1. The molecule has 0 aromatic carbocycles. The molecule has 0 unspecified atom stereocenters. The normalized spacial score (nSPS) is 17.2. The minimum absolute atomic E-state index is 0.158. The Morgan fingerprint density at radius 3 is 2.74 bits per heavy atom. The minimum Gasteiger partial charge on any atom is -0.464 e. The van der Waals surface area contributed by atoms with Crippen molar-refractivity contribution in [1.29, 1.82) is 0 Å². The van der Waals surface area contributed by atoms with E-state index in [1.54, 1.807) is 6.07 Å². The van der Waals surface area contributed by atoms with Crippen molar-refractivity contribution in [2.24, 2.45) is 4.40 Å². The quantitative estimate of drug-likeness (QED) is 0.806. The van der Waals surface area contributed by atoms with Crippen molar-refractivity contribution in [3.63, 3.8) is 0 Å². The molecule has 0 fully saturated rings. The molecule has 19 heavy (non-hydrogen) atoms. The first-order chi connectivity index (χ1) is 8.82. The Morgan fingerprint density at radius 2 is 2.21 bits per heavy atom. The number of carbonyl (C=O) groups is 1. The van der Waals surface area contributed by atoms with Crippen LogP contribution in [0.15, 0.2) is 26.0 Å². The molecule has 1 aliphatic rings. The van der Waals surface area contributed by atoms with E-state index in [4.69, 9.17) is 0 Å². The summed E-state index contributed by atoms with van der Waals surface area (Å²) in [5.41, 5.74) is 1.01. The Hall–Kier alpha value is -1.19. The first kappa shape index (κ1) is 14.2. The number of allylic oxidation sites excluding steroid dienone is 1. The first-order valence-electron chi connectivity index (χ1n) is 5.01. The smallest absolute Gasteiger partial charge is 0.355 e. The zero-order chi connectivity index (χ0) is 14.2. The predicted octanol–water partition coefficient (Wildman–Crippen LogP) is 1.51. The second-order valence-corrected chi connectivity index (χ2v) is 7.38. The van der Waals surface area contributed by atoms with Crippen LogP contribution in [0.1, 0.15) is 10.4 Å². The van der Waals surface area contributed by atoms with Gasteiger partial charge in [-0.2, -0.15) is 8.42 Å². The number of nitrogens with zero attached hydrogens (tertiary/aromatic N) is 1. The van der Waals surface area contributed by atoms with Crippen LogP contribution in [0.4, 0.5) is 0 Å². The number of ether oxygens (including phenoxy) is 1. The monoisotopic (exact) mass is 364 g/mol. The molecule has 1 N–H and O–H groups in total. The van der Waals surface area contributed by atoms with Crippen molar-refractivity contribution in [2.45, 2.75) is 6.92 Å². The minimum atomic E-state index is -3.93. The van der Waals surface area contributed by atoms with Gasteiger partial charge in [0.2, 0.25) is 0 Å². The number of nitrogens with one attached hydrogen (secondary N) is 1. The maximum absolute atomic E-state index is 11.6. The molecule has 6 nitrogen and oxygen atoms in total. The van der Waals surface area contributed by atoms with Gasteiger partial charge in [0, 0.05) is 0 Å². The summed E-state index contributed by atoms with van der Waals surface area (Å²) in [6, 6.07) is 1.79. The zero-order valence-corrected chi connectivity index (χ0v) is 13.1. The van der Waals surface area contributed by atoms with Gasteiger partial charge in [-0.3, -0.25) is 4.72 Å². The van der Waals surface area contributed by atoms with Crippen LogP contribution in [0.5, 0.6) is 0 Å². The van der Waals surface area contributed by atoms with Crippen molar-refractivity contribution in [3.05, 3.63) is 32.1 Å². The largest absolute Gasteiger partial charge is 0.464 e. The lowest BCUT2D eigenvalue weighted by atomic mass is 10.2. The maximum atomic E-state index is 11.6. The summed E-state index contributed by atoms with van der Waals surface area (Å²) in [4.78, 5) is 12.1. The van der Waals surface area contributed by atoms with E-state index in [1.807, 2.05) is 11.6 Å². The fourth-order valence-corrected chi connectivity index (χ4v) is 3.83. The van der Waals surface area contributed by atoms with E-state index in [2.05, 4.69) is 25.1 Å². The summed E-state index contributed by atoms with van der Waals surface area (Å²) in [6.07, 6.45) is 1.35. The van der Waals surface area contributed by atoms with Gasteiger partial charge in [0.25, 0.3) is 0 Å². The molecule has 0 saturated carbocycles. The van der Waals surface area contributed by atoms with Crippen molar-refractivity contribution in [1.82, 2.24) is 4.72 Å². The number of carbonyl (C=O) groups excluding carboxylic acids is 1. The zero-order valence-electron chi connectivity index (χ0n) is 9.93. The molecular weight excluding hydrogens is 356 g/mol. The molecule has 9 heteroatoms. The van der Waals surface area contributed by atoms with Gasteiger partial charge >= 0.3 is 16.2 Å². The van der Waals surface area contributed by atoms with Crippen LogP contribution in [0.3, 0.4) is 0 Å². The number of aryl methyl sites for hydroxylation is 1. The molecule has 2 heterocycles. The molecule has 0 atom stereocenters. The highest BCUT2D eigenvalue weighted by molar-refractivity contribution is 9.11. The third-order valence-electron chi connectivity index (χ3n) is 2.25. The van der Waals surface area contributed by atoms with Gasteiger partial charge < -0.3 is 4.74 Å². The van der Waals surface area contributed by atoms with Crippen LogP contribution < -0.4 is 4.72 Å². The van der Waals surface area contributed by atoms with Gasteiger partial charge in [-0.25, -0.2) is 4.79 Å². The predicted molar refractivity (Wildman–Crippen MR) is 75.4 cm³/mol. The van der Waals surface area contributed by atoms with Crippen molar-refractivity contribution >= 4 is 49.2 Å². The molecule has 0 saturated heterocycles. The summed E-state index contributed by atoms with van der Waals surface area (Å²) < 4.78 is 34.2. The molecule has 1 aromatic heterocycles. The highest BCUT2D eigenvalue weighted by Gasteiger charge is 2.24. The summed E-state index contributed by atoms with van der Waals surface area (Å²) in [5.74, 6) is -0.761. The van der Waals surface area contributed by atoms with Gasteiger partial charge in [-0.15, -0.1) is 15.7 Å². The Bertz CT molecular complexity index is 684. The Balaban J connectivity index is 2.51. The van der Waals surface area contributed by atoms with Crippen LogP contribution in [-0.2, 0) is 19.7 Å². The Labute approximate surface area is 122 Å². The van der Waals surface area contributed by atoms with E-state index >= 15 is 0 Å². The van der Waals surface area contributed by atoms with E-state index in [0.29, 0.717) is 4.88 Å². The van der Waals surface area contributed by atoms with Gasteiger partial charge in [0.05, 0.1) is 21.5 Å². The molecule has 2 rings (SSSR count). The fourth-order valence-electron chi connectivity index (χ4n) is 1.40. The Kier molecular flexibility index (Phi) is 3.79. The van der Waals surface area contributed by atoms with Crippen LogP contribution in [0.25, 0.3) is 0 Å². The standard InChI is InChI=1S/C10H9BrN2O4S2/c1-5-3-8(18-9(5)11)6-4-7(10(14)17-2)13-19(15,16)12-6/h3-4,13H,1-2H3. The average molecular weight is 365 g/mol. The number of rotatable bonds is 2. The lowest BCUT2D eigenvalue weighted by Gasteiger charge is -2.12. The maximum Gasteiger partial charge on any atom is 0.355 e. The lowest BCUT2D eigenvalue weighted by Crippen LogP contribution is -2.31. The Morgan fingerprint density at radius 1 is 1.53 bits per heavy atom. The van der Waals surface area contributed by atoms with Gasteiger partial charge in [0.1, 0.15) is 5.70 Å². The summed E-state index contributed by atoms with van der Waals surface area (Å²) in [7, 11) is -2.75. The number of halogens is 1. The first-order valence-corrected chi connectivity index (χ1v) is 8.06. The SMILES string of the molecule is COC(=O)C1=CC(c2cc(C)c(Br)s2)=NS(=O)(=O)N1. The topological polar surface area (TPSA) is 84.8 Å². The highest BCUT2D eigenvalue weighted by atomic mass is 79.9. The fraction of sp³-hybridized carbons (Fsp3) is 0.200. The van der Waals surface area contributed by atoms with Crippen LogP contribution in [0, 0.1) is 6.92 Å². The third-order valence-corrected chi connectivity index (χ3v) is 5.33. The van der Waals surface area contributed by atoms with E-state index in [1.165, 1.54) is 24.5 Å². The molecule has 1 aromatic rings. The van der Waals surface area contributed by atoms with Crippen LogP contribution >= 0.6 is 27.3 Å². The van der Waals surface area contributed by atoms with Crippen molar-refractivity contribution < 1.29 is 17.9 Å². The van der Waals surface area contributed by atoms with E-state index in [9.17, 15) is 13.2 Å². The molecule has 102 valence electrons. The molecular formula is C10H9BrN2O4S2. The van der Waals surface area contributed by atoms with Gasteiger partial charge in [0.15, 0.2) is 0 Å². The third kappa shape index (κ3) is 3.04. The van der Waals surface area contributed by atoms with E-state index in [0.717, 1.165) is 9.35 Å². The number of thiophene rings is 1. The molecule has 1 aliphatic heterocycles. The second-order valence-electron chi connectivity index (χ2n) is 3.67. The number of hydrogen-bond donors (Lipinski definition) is 1. The average Bonchev–Trinajstić information content (AvgIpc) is 2.66. The van der Waals surface area contributed by atoms with Crippen LogP contribution in [0.2, 0.25) is 0 Å². The van der Waals surface area contributed by atoms with Gasteiger partial charge in [-0.05, 0) is 40.6 Å². The van der Waals surface area contributed by atoms with E-state index < -0.39 is 16.2 Å². The summed E-state index contributed by atoms with van der Waals surface area (Å²) >= 11 is 4.69. The van der Waals surface area contributed by atoms with Crippen LogP contribution in [-0.4, -0.2) is 27.2 Å². The number of methoxy groups -OCH3 is 1. The van der Waals surface area contributed by atoms with Gasteiger partial charge in [-0.1, -0.05) is 0 Å². The molecule has 0 aliphatic carbocycles. The number of hydrogen-bond acceptors (Lipinski definition) is 5. The van der Waals surface area contributed by atoms with E-state index in [-0.39, 0.29) is 11.4 Å². The second kappa shape index (κ2) is 5.06. The molecule has 0 radical (unpaired) electrons. The van der Waals surface area contributed by atoms with Crippen molar-refractivity contribution in [2.75, 3.05) is 7.11 Å². The molecule has 0 spiro atoms. The molecule has 0 amide bonds. The lowest BCUT2D eigenvalue weighted by molar-refractivity contribution is -0.136. The highest BCUT2D eigenvalue weighted by Crippen LogP contribution is 2.29. The van der Waals surface area contributed by atoms with Crippen molar-refractivity contribution in [3.8, 4) is 0 Å². The molecule has 0 bridgehead atoms.